The van der Waals surface area contributed by atoms with Gasteiger partial charge in [0, 0.05) is 26.8 Å². The molecular weight excluding hydrogens is 755 g/mol. The van der Waals surface area contributed by atoms with Crippen LogP contribution in [0.5, 0.6) is 0 Å². The molecule has 0 saturated carbocycles. The highest BCUT2D eigenvalue weighted by atomic mass is 32.1. The summed E-state index contributed by atoms with van der Waals surface area (Å²) in [4.78, 5) is 2.46. The Hall–Kier alpha value is -7.52. The van der Waals surface area contributed by atoms with Gasteiger partial charge in [-0.2, -0.15) is 0 Å². The fraction of sp³-hybridized carbons (Fsp3) is 0.0169. The minimum atomic E-state index is -0.501. The Morgan fingerprint density at radius 1 is 0.361 bits per heavy atom. The summed E-state index contributed by atoms with van der Waals surface area (Å²) >= 11 is 1.88. The largest absolute Gasteiger partial charge is 0.309 e. The van der Waals surface area contributed by atoms with E-state index in [1.54, 1.807) is 0 Å². The summed E-state index contributed by atoms with van der Waals surface area (Å²) in [5, 5.41) is 5.10. The first-order valence-electron chi connectivity index (χ1n) is 21.0. The van der Waals surface area contributed by atoms with Crippen molar-refractivity contribution in [2.45, 2.75) is 5.41 Å². The highest BCUT2D eigenvalue weighted by molar-refractivity contribution is 7.26. The van der Waals surface area contributed by atoms with Crippen LogP contribution in [-0.2, 0) is 5.41 Å². The van der Waals surface area contributed by atoms with E-state index in [9.17, 15) is 0 Å². The number of thiophene rings is 1. The molecule has 1 aromatic heterocycles. The normalized spacial score (nSPS) is 14.3. The lowest BCUT2D eigenvalue weighted by molar-refractivity contribution is 0.770. The first kappa shape index (κ1) is 35.4. The standard InChI is InChI=1S/C59H39NS/c1-4-17-40(18-5-1)43-22-14-26-47(37-43)60(48-27-15-23-44(38-48)41-19-6-2-7-20-41)55-32-16-30-50-52-39-46(34-36-56(52)61-58(50)55)59(45-24-8-3-9-25-45)53-31-13-12-29-51(53)57-49-28-11-10-21-42(49)33-35-54(57)59/h1-39H. The Balaban J connectivity index is 1.10. The van der Waals surface area contributed by atoms with E-state index in [0.29, 0.717) is 0 Å². The summed E-state index contributed by atoms with van der Waals surface area (Å²) in [7, 11) is 0. The molecule has 1 atom stereocenters. The molecular formula is C59H39NS. The molecule has 1 aliphatic carbocycles. The van der Waals surface area contributed by atoms with E-state index in [0.717, 1.165) is 17.1 Å². The second-order valence-corrected chi connectivity index (χ2v) is 17.1. The van der Waals surface area contributed by atoms with Crippen LogP contribution >= 0.6 is 11.3 Å². The molecule has 12 rings (SSSR count). The molecule has 0 spiro atoms. The summed E-state index contributed by atoms with van der Waals surface area (Å²) in [6.45, 7) is 0. The van der Waals surface area contributed by atoms with Gasteiger partial charge in [0.15, 0.2) is 0 Å². The van der Waals surface area contributed by atoms with Crippen LogP contribution < -0.4 is 4.90 Å². The highest BCUT2D eigenvalue weighted by Crippen LogP contribution is 2.58. The molecule has 1 unspecified atom stereocenters. The zero-order valence-corrected chi connectivity index (χ0v) is 34.2. The molecule has 0 amide bonds. The lowest BCUT2D eigenvalue weighted by atomic mass is 9.67. The van der Waals surface area contributed by atoms with Crippen molar-refractivity contribution in [3.8, 4) is 33.4 Å². The Bertz CT molecular complexity index is 3340. The lowest BCUT2D eigenvalue weighted by Crippen LogP contribution is -2.28. The third kappa shape index (κ3) is 5.60. The van der Waals surface area contributed by atoms with Crippen LogP contribution in [0.2, 0.25) is 0 Å². The predicted octanol–water partition coefficient (Wildman–Crippen LogP) is 16.4. The smallest absolute Gasteiger partial charge is 0.0714 e. The van der Waals surface area contributed by atoms with Crippen molar-refractivity contribution in [1.29, 1.82) is 0 Å². The SMILES string of the molecule is c1ccc(-c2cccc(N(c3cccc(-c4ccccc4)c3)c3cccc4c3sc3ccc(C5(c6ccccc6)c6ccccc6-c6c5ccc5ccccc65)cc34)c2)cc1. The lowest BCUT2D eigenvalue weighted by Gasteiger charge is -2.34. The van der Waals surface area contributed by atoms with Gasteiger partial charge in [-0.25, -0.2) is 0 Å². The van der Waals surface area contributed by atoms with Crippen LogP contribution in [-0.4, -0.2) is 0 Å². The van der Waals surface area contributed by atoms with Gasteiger partial charge in [0.1, 0.15) is 0 Å². The maximum Gasteiger partial charge on any atom is 0.0714 e. The van der Waals surface area contributed by atoms with Crippen molar-refractivity contribution >= 4 is 59.3 Å². The molecule has 11 aromatic rings. The number of nitrogens with zero attached hydrogens (tertiary/aromatic N) is 1. The Morgan fingerprint density at radius 2 is 0.951 bits per heavy atom. The molecule has 2 heteroatoms. The zero-order valence-electron chi connectivity index (χ0n) is 33.4. The molecule has 0 bridgehead atoms. The molecule has 61 heavy (non-hydrogen) atoms. The third-order valence-corrected chi connectivity index (χ3v) is 13.9. The number of rotatable bonds is 7. The van der Waals surface area contributed by atoms with E-state index in [-0.39, 0.29) is 0 Å². The van der Waals surface area contributed by atoms with Crippen LogP contribution in [0.1, 0.15) is 22.3 Å². The van der Waals surface area contributed by atoms with E-state index in [1.807, 2.05) is 11.3 Å². The average Bonchev–Trinajstić information content (AvgIpc) is 3.87. The van der Waals surface area contributed by atoms with Gasteiger partial charge < -0.3 is 4.90 Å². The van der Waals surface area contributed by atoms with E-state index < -0.39 is 5.41 Å². The quantitative estimate of drug-likeness (QED) is 0.155. The molecule has 0 fully saturated rings. The fourth-order valence-electron chi connectivity index (χ4n) is 10.1. The van der Waals surface area contributed by atoms with Crippen molar-refractivity contribution in [3.05, 3.63) is 259 Å². The first-order valence-corrected chi connectivity index (χ1v) is 21.8. The first-order chi connectivity index (χ1) is 30.3. The topological polar surface area (TPSA) is 3.24 Å². The number of anilines is 3. The molecule has 0 aliphatic heterocycles. The minimum absolute atomic E-state index is 0.501. The Labute approximate surface area is 360 Å². The van der Waals surface area contributed by atoms with Crippen LogP contribution in [0.25, 0.3) is 64.3 Å². The number of benzene rings is 10. The number of hydrogen-bond donors (Lipinski definition) is 0. The number of fused-ring (bicyclic) bond motifs is 8. The van der Waals surface area contributed by atoms with Gasteiger partial charge in [-0.15, -0.1) is 11.3 Å². The van der Waals surface area contributed by atoms with E-state index in [1.165, 1.54) is 86.6 Å². The van der Waals surface area contributed by atoms with Gasteiger partial charge in [0.25, 0.3) is 0 Å². The van der Waals surface area contributed by atoms with Crippen LogP contribution in [0, 0.1) is 0 Å². The van der Waals surface area contributed by atoms with Crippen molar-refractivity contribution in [1.82, 2.24) is 0 Å². The van der Waals surface area contributed by atoms with Gasteiger partial charge in [-0.05, 0) is 109 Å². The average molecular weight is 794 g/mol. The highest BCUT2D eigenvalue weighted by Gasteiger charge is 2.46. The fourth-order valence-corrected chi connectivity index (χ4v) is 11.2. The van der Waals surface area contributed by atoms with Crippen molar-refractivity contribution in [2.75, 3.05) is 4.90 Å². The summed E-state index contributed by atoms with van der Waals surface area (Å²) in [5.74, 6) is 0. The van der Waals surface area contributed by atoms with Crippen LogP contribution in [0.15, 0.2) is 237 Å². The summed E-state index contributed by atoms with van der Waals surface area (Å²) in [6, 6.07) is 87.3. The maximum atomic E-state index is 2.50. The Morgan fingerprint density at radius 3 is 1.67 bits per heavy atom. The minimum Gasteiger partial charge on any atom is -0.309 e. The molecule has 1 aliphatic rings. The molecule has 0 radical (unpaired) electrons. The predicted molar refractivity (Wildman–Crippen MR) is 260 cm³/mol. The summed E-state index contributed by atoms with van der Waals surface area (Å²) in [5.41, 5.74) is 15.5. The van der Waals surface area contributed by atoms with E-state index in [4.69, 9.17) is 0 Å². The monoisotopic (exact) mass is 793 g/mol. The molecule has 1 heterocycles. The van der Waals surface area contributed by atoms with E-state index in [2.05, 4.69) is 241 Å². The number of hydrogen-bond acceptors (Lipinski definition) is 2. The van der Waals surface area contributed by atoms with E-state index >= 15 is 0 Å². The van der Waals surface area contributed by atoms with Crippen LogP contribution in [0.4, 0.5) is 17.1 Å². The van der Waals surface area contributed by atoms with Gasteiger partial charge in [-0.3, -0.25) is 0 Å². The molecule has 0 saturated heterocycles. The molecule has 1 nitrogen and oxygen atoms in total. The second kappa shape index (κ2) is 14.3. The molecule has 10 aromatic carbocycles. The summed E-state index contributed by atoms with van der Waals surface area (Å²) in [6.07, 6.45) is 0. The zero-order chi connectivity index (χ0) is 40.3. The molecule has 286 valence electrons. The van der Waals surface area contributed by atoms with Crippen molar-refractivity contribution < 1.29 is 0 Å². The van der Waals surface area contributed by atoms with Crippen LogP contribution in [0.3, 0.4) is 0 Å². The second-order valence-electron chi connectivity index (χ2n) is 16.0. The Kier molecular flexibility index (Phi) is 8.33. The summed E-state index contributed by atoms with van der Waals surface area (Å²) < 4.78 is 2.53. The van der Waals surface area contributed by atoms with Crippen molar-refractivity contribution in [3.63, 3.8) is 0 Å². The van der Waals surface area contributed by atoms with Crippen molar-refractivity contribution in [2.24, 2.45) is 0 Å². The van der Waals surface area contributed by atoms with Gasteiger partial charge >= 0.3 is 0 Å². The van der Waals surface area contributed by atoms with Gasteiger partial charge in [-0.1, -0.05) is 194 Å². The third-order valence-electron chi connectivity index (χ3n) is 12.7. The molecule has 0 N–H and O–H groups in total. The van der Waals surface area contributed by atoms with Gasteiger partial charge in [0.05, 0.1) is 15.8 Å². The van der Waals surface area contributed by atoms with Gasteiger partial charge in [0.2, 0.25) is 0 Å². The maximum absolute atomic E-state index is 2.50.